The van der Waals surface area contributed by atoms with Gasteiger partial charge in [-0.05, 0) is 49.1 Å². The lowest BCUT2D eigenvalue weighted by Crippen LogP contribution is -2.40. The zero-order chi connectivity index (χ0) is 19.3. The van der Waals surface area contributed by atoms with Crippen LogP contribution in [0.3, 0.4) is 0 Å². The Morgan fingerprint density at radius 3 is 2.74 bits per heavy atom. The van der Waals surface area contributed by atoms with Crippen LogP contribution in [0.25, 0.3) is 10.9 Å². The highest BCUT2D eigenvalue weighted by atomic mass is 35.5. The van der Waals surface area contributed by atoms with Crippen molar-refractivity contribution >= 4 is 56.1 Å². The molecule has 0 fully saturated rings. The second kappa shape index (κ2) is 9.84. The fourth-order valence-electron chi connectivity index (χ4n) is 2.46. The number of rotatable bonds is 8. The van der Waals surface area contributed by atoms with Crippen molar-refractivity contribution in [3.8, 4) is 0 Å². The lowest BCUT2D eigenvalue weighted by atomic mass is 10.2. The number of aryl methyl sites for hydroxylation is 1. The Kier molecular flexibility index (Phi) is 8.42. The summed E-state index contributed by atoms with van der Waals surface area (Å²) in [7, 11) is -4.00. The Morgan fingerprint density at radius 1 is 1.41 bits per heavy atom. The Morgan fingerprint density at radius 2 is 2.11 bits per heavy atom. The normalized spacial score (nSPS) is 12.2. The number of guanidine groups is 1. The minimum Gasteiger partial charge on any atom is -0.370 e. The number of fused-ring (bicyclic) bond motifs is 1. The van der Waals surface area contributed by atoms with Gasteiger partial charge >= 0.3 is 0 Å². The second-order valence-electron chi connectivity index (χ2n) is 5.80. The molecule has 0 amide bonds. The van der Waals surface area contributed by atoms with E-state index >= 15 is 0 Å². The molecule has 11 heteroatoms. The Bertz CT molecular complexity index is 937. The highest BCUT2D eigenvalue weighted by Gasteiger charge is 2.26. The van der Waals surface area contributed by atoms with Crippen LogP contribution < -0.4 is 15.8 Å². The van der Waals surface area contributed by atoms with Gasteiger partial charge in [0.2, 0.25) is 15.3 Å². The van der Waals surface area contributed by atoms with Crippen molar-refractivity contribution in [2.24, 2.45) is 5.73 Å². The van der Waals surface area contributed by atoms with Crippen molar-refractivity contribution in [2.75, 3.05) is 6.54 Å². The average molecular weight is 434 g/mol. The number of hydrogen-bond donors (Lipinski definition) is 4. The minimum absolute atomic E-state index is 0. The van der Waals surface area contributed by atoms with E-state index in [9.17, 15) is 13.2 Å². The third-order valence-electron chi connectivity index (χ3n) is 3.66. The Hall–Kier alpha value is -1.94. The molecular weight excluding hydrogens is 413 g/mol. The summed E-state index contributed by atoms with van der Waals surface area (Å²) in [5.41, 5.74) is 6.40. The van der Waals surface area contributed by atoms with E-state index < -0.39 is 21.3 Å². The molecule has 0 bridgehead atoms. The van der Waals surface area contributed by atoms with Gasteiger partial charge in [0, 0.05) is 18.1 Å². The summed E-state index contributed by atoms with van der Waals surface area (Å²) in [4.78, 5) is 15.8. The number of sulfonamides is 1. The predicted molar refractivity (Wildman–Crippen MR) is 108 cm³/mol. The Labute approximate surface area is 168 Å². The van der Waals surface area contributed by atoms with E-state index in [1.807, 2.05) is 13.0 Å². The molecule has 0 aliphatic heterocycles. The zero-order valence-corrected chi connectivity index (χ0v) is 16.9. The van der Waals surface area contributed by atoms with Crippen molar-refractivity contribution in [2.45, 2.75) is 30.7 Å². The van der Waals surface area contributed by atoms with E-state index in [2.05, 4.69) is 15.0 Å². The molecule has 1 atom stereocenters. The third kappa shape index (κ3) is 6.31. The summed E-state index contributed by atoms with van der Waals surface area (Å²) in [6, 6.07) is 5.56. The van der Waals surface area contributed by atoms with Crippen molar-refractivity contribution in [3.05, 3.63) is 36.0 Å². The van der Waals surface area contributed by atoms with Gasteiger partial charge in [0.25, 0.3) is 0 Å². The molecule has 1 aromatic heterocycles. The lowest BCUT2D eigenvalue weighted by molar-refractivity contribution is -0.113. The smallest absolute Gasteiger partial charge is 0.243 e. The number of nitrogens with one attached hydrogen (secondary N) is 3. The van der Waals surface area contributed by atoms with Crippen LogP contribution in [0, 0.1) is 12.3 Å². The monoisotopic (exact) mass is 433 g/mol. The average Bonchev–Trinajstić information content (AvgIpc) is 2.56. The molecule has 27 heavy (non-hydrogen) atoms. The molecular formula is C16H21Cl2N5O3S. The topological polar surface area (TPSA) is 138 Å². The summed E-state index contributed by atoms with van der Waals surface area (Å²) in [6.07, 6.45) is 2.15. The second-order valence-corrected chi connectivity index (χ2v) is 7.86. The first-order chi connectivity index (χ1) is 12.2. The number of hydrogen-bond acceptors (Lipinski definition) is 5. The maximum atomic E-state index is 12.8. The first-order valence-electron chi connectivity index (χ1n) is 7.85. The molecule has 8 nitrogen and oxygen atoms in total. The summed E-state index contributed by atoms with van der Waals surface area (Å²) in [5, 5.41) is 9.53. The molecule has 2 aromatic rings. The number of nitrogens with zero attached hydrogens (tertiary/aromatic N) is 1. The number of pyridine rings is 1. The molecule has 0 aliphatic carbocycles. The predicted octanol–water partition coefficient (Wildman–Crippen LogP) is 1.64. The summed E-state index contributed by atoms with van der Waals surface area (Å²) >= 11 is 5.55. The third-order valence-corrected chi connectivity index (χ3v) is 5.42. The van der Waals surface area contributed by atoms with Crippen molar-refractivity contribution in [1.29, 1.82) is 5.41 Å². The quantitative estimate of drug-likeness (QED) is 0.216. The van der Waals surface area contributed by atoms with Gasteiger partial charge in [0.05, 0.1) is 11.6 Å². The van der Waals surface area contributed by atoms with Crippen LogP contribution in [0.15, 0.2) is 35.4 Å². The fraction of sp³-hybridized carbons (Fsp3) is 0.312. The molecule has 0 saturated carbocycles. The summed E-state index contributed by atoms with van der Waals surface area (Å²) in [5.74, 6) is -0.198. The van der Waals surface area contributed by atoms with Crippen LogP contribution in [0.1, 0.15) is 18.4 Å². The van der Waals surface area contributed by atoms with Crippen molar-refractivity contribution in [3.63, 3.8) is 0 Å². The summed E-state index contributed by atoms with van der Waals surface area (Å²) < 4.78 is 27.9. The number of aromatic nitrogens is 1. The van der Waals surface area contributed by atoms with Crippen molar-refractivity contribution < 1.29 is 13.2 Å². The minimum atomic E-state index is -4.00. The molecule has 0 saturated heterocycles. The van der Waals surface area contributed by atoms with Crippen LogP contribution in [-0.4, -0.2) is 37.2 Å². The maximum absolute atomic E-state index is 12.8. The van der Waals surface area contributed by atoms with E-state index in [4.69, 9.17) is 22.7 Å². The van der Waals surface area contributed by atoms with E-state index in [1.165, 1.54) is 6.07 Å². The van der Waals surface area contributed by atoms with Crippen LogP contribution >= 0.6 is 24.0 Å². The van der Waals surface area contributed by atoms with Gasteiger partial charge in [-0.2, -0.15) is 4.72 Å². The molecule has 1 heterocycles. The number of nitrogens with two attached hydrogens (primary N) is 1. The van der Waals surface area contributed by atoms with E-state index in [0.717, 1.165) is 5.56 Å². The number of halogens is 2. The number of para-hydroxylation sites is 1. The molecule has 0 unspecified atom stereocenters. The largest absolute Gasteiger partial charge is 0.370 e. The fourth-order valence-corrected chi connectivity index (χ4v) is 4.10. The standard InChI is InChI=1S/C16H20ClN5O3S.ClH/c1-10-8-11-4-2-6-13(14(11)21-9-10)26(24,25)22-12(15(17)23)5-3-7-20-16(18)19;/h2,4,6,8-9,12,22H,3,5,7H2,1H3,(H4,18,19,20);1H/t12-;/m0./s1. The highest BCUT2D eigenvalue weighted by Crippen LogP contribution is 2.22. The van der Waals surface area contributed by atoms with Gasteiger partial charge in [0.15, 0.2) is 5.96 Å². The number of benzene rings is 1. The van der Waals surface area contributed by atoms with Crippen LogP contribution in [0.5, 0.6) is 0 Å². The van der Waals surface area contributed by atoms with Gasteiger partial charge in [-0.15, -0.1) is 12.4 Å². The van der Waals surface area contributed by atoms with Gasteiger partial charge < -0.3 is 11.1 Å². The zero-order valence-electron chi connectivity index (χ0n) is 14.5. The van der Waals surface area contributed by atoms with Crippen LogP contribution in [0.2, 0.25) is 0 Å². The molecule has 5 N–H and O–H groups in total. The molecule has 2 rings (SSSR count). The maximum Gasteiger partial charge on any atom is 0.243 e. The molecule has 148 valence electrons. The van der Waals surface area contributed by atoms with E-state index in [-0.39, 0.29) is 29.7 Å². The highest BCUT2D eigenvalue weighted by molar-refractivity contribution is 7.89. The first kappa shape index (κ1) is 23.1. The molecule has 0 radical (unpaired) electrons. The van der Waals surface area contributed by atoms with Crippen molar-refractivity contribution in [1.82, 2.24) is 15.0 Å². The SMILES string of the molecule is Cc1cnc2c(S(=O)(=O)N[C@@H](CCCNC(=N)N)C(=O)Cl)cccc2c1.Cl. The van der Waals surface area contributed by atoms with Gasteiger partial charge in [-0.25, -0.2) is 8.42 Å². The van der Waals surface area contributed by atoms with Gasteiger partial charge in [-0.3, -0.25) is 15.2 Å². The molecule has 0 aliphatic rings. The van der Waals surface area contributed by atoms with Gasteiger partial charge in [0.1, 0.15) is 4.90 Å². The number of carbonyl (C=O) groups is 1. The first-order valence-corrected chi connectivity index (χ1v) is 9.72. The molecule has 0 spiro atoms. The van der Waals surface area contributed by atoms with E-state index in [1.54, 1.807) is 18.3 Å². The van der Waals surface area contributed by atoms with E-state index in [0.29, 0.717) is 23.9 Å². The number of carbonyl (C=O) groups excluding carboxylic acids is 1. The lowest BCUT2D eigenvalue weighted by Gasteiger charge is -2.16. The summed E-state index contributed by atoms with van der Waals surface area (Å²) in [6.45, 7) is 2.19. The van der Waals surface area contributed by atoms with Crippen LogP contribution in [-0.2, 0) is 14.8 Å². The van der Waals surface area contributed by atoms with Crippen LogP contribution in [0.4, 0.5) is 0 Å². The molecule has 1 aromatic carbocycles. The van der Waals surface area contributed by atoms with Gasteiger partial charge in [-0.1, -0.05) is 12.1 Å². The Balaban J connectivity index is 0.00000364.